The number of hydrogen-bond donors (Lipinski definition) is 2. The Morgan fingerprint density at radius 2 is 1.89 bits per heavy atom. The molecule has 2 aromatic carbocycles. The molecule has 1 aliphatic rings. The lowest BCUT2D eigenvalue weighted by Crippen LogP contribution is -2.58. The third-order valence-electron chi connectivity index (χ3n) is 4.26. The van der Waals surface area contributed by atoms with Crippen molar-refractivity contribution in [3.8, 4) is 0 Å². The van der Waals surface area contributed by atoms with Crippen LogP contribution in [0.1, 0.15) is 16.8 Å². The molecule has 1 unspecified atom stereocenters. The minimum Gasteiger partial charge on any atom is -0.353 e. The van der Waals surface area contributed by atoms with Gasteiger partial charge < -0.3 is 15.5 Å². The van der Waals surface area contributed by atoms with E-state index in [2.05, 4.69) is 10.6 Å². The van der Waals surface area contributed by atoms with E-state index in [4.69, 9.17) is 23.2 Å². The van der Waals surface area contributed by atoms with Crippen LogP contribution in [0.5, 0.6) is 0 Å². The van der Waals surface area contributed by atoms with Gasteiger partial charge in [0.25, 0.3) is 5.91 Å². The Balaban J connectivity index is 1.76. The van der Waals surface area contributed by atoms with E-state index in [1.165, 1.54) is 41.3 Å². The fourth-order valence-corrected chi connectivity index (χ4v) is 3.23. The summed E-state index contributed by atoms with van der Waals surface area (Å²) < 4.78 is 13.1. The standard InChI is InChI=1S/C19H16Cl2FN3O3/c20-12-3-6-14(21)15(9-12)24-17(26)10-16-18(27)23-7-8-25(16)19(28)11-1-4-13(22)5-2-11/h1-6,9,16H,7-8,10H2,(H,23,27)(H,24,26). The number of nitrogens with one attached hydrogen (secondary N) is 2. The Morgan fingerprint density at radius 1 is 1.18 bits per heavy atom. The summed E-state index contributed by atoms with van der Waals surface area (Å²) in [5, 5.41) is 5.94. The summed E-state index contributed by atoms with van der Waals surface area (Å²) in [6, 6.07) is 8.63. The third kappa shape index (κ3) is 4.61. The van der Waals surface area contributed by atoms with Crippen molar-refractivity contribution >= 4 is 46.6 Å². The molecule has 0 saturated carbocycles. The number of hydrogen-bond acceptors (Lipinski definition) is 3. The van der Waals surface area contributed by atoms with Crippen molar-refractivity contribution < 1.29 is 18.8 Å². The van der Waals surface area contributed by atoms with Crippen molar-refractivity contribution in [2.75, 3.05) is 18.4 Å². The molecular weight excluding hydrogens is 408 g/mol. The SMILES string of the molecule is O=C(CC1C(=O)NCCN1C(=O)c1ccc(F)cc1)Nc1cc(Cl)ccc1Cl. The van der Waals surface area contributed by atoms with Gasteiger partial charge in [-0.2, -0.15) is 0 Å². The van der Waals surface area contributed by atoms with Crippen molar-refractivity contribution in [1.82, 2.24) is 10.2 Å². The monoisotopic (exact) mass is 423 g/mol. The van der Waals surface area contributed by atoms with Gasteiger partial charge in [0.2, 0.25) is 11.8 Å². The maximum absolute atomic E-state index is 13.1. The first-order valence-corrected chi connectivity index (χ1v) is 9.20. The van der Waals surface area contributed by atoms with Crippen LogP contribution >= 0.6 is 23.2 Å². The molecule has 9 heteroatoms. The van der Waals surface area contributed by atoms with E-state index in [0.717, 1.165) is 0 Å². The summed E-state index contributed by atoms with van der Waals surface area (Å²) in [4.78, 5) is 38.8. The molecule has 2 N–H and O–H groups in total. The topological polar surface area (TPSA) is 78.5 Å². The lowest BCUT2D eigenvalue weighted by atomic mass is 10.1. The van der Waals surface area contributed by atoms with Gasteiger partial charge in [0.1, 0.15) is 11.9 Å². The van der Waals surface area contributed by atoms with E-state index in [1.54, 1.807) is 6.07 Å². The number of halogens is 3. The van der Waals surface area contributed by atoms with Gasteiger partial charge in [0.05, 0.1) is 17.1 Å². The highest BCUT2D eigenvalue weighted by Crippen LogP contribution is 2.26. The lowest BCUT2D eigenvalue weighted by Gasteiger charge is -2.34. The first-order chi connectivity index (χ1) is 13.3. The highest BCUT2D eigenvalue weighted by atomic mass is 35.5. The third-order valence-corrected chi connectivity index (χ3v) is 4.83. The summed E-state index contributed by atoms with van der Waals surface area (Å²) in [6.07, 6.45) is -0.262. The number of benzene rings is 2. The number of carbonyl (C=O) groups excluding carboxylic acids is 3. The molecule has 6 nitrogen and oxygen atoms in total. The first kappa shape index (κ1) is 20.1. The van der Waals surface area contributed by atoms with E-state index in [0.29, 0.717) is 15.7 Å². The highest BCUT2D eigenvalue weighted by Gasteiger charge is 2.35. The molecule has 1 atom stereocenters. The Morgan fingerprint density at radius 3 is 2.61 bits per heavy atom. The van der Waals surface area contributed by atoms with E-state index >= 15 is 0 Å². The second-order valence-corrected chi connectivity index (χ2v) is 7.03. The van der Waals surface area contributed by atoms with Crippen LogP contribution in [0.3, 0.4) is 0 Å². The molecule has 0 aliphatic carbocycles. The van der Waals surface area contributed by atoms with Gasteiger partial charge in [-0.05, 0) is 42.5 Å². The van der Waals surface area contributed by atoms with Crippen LogP contribution in [-0.2, 0) is 9.59 Å². The summed E-state index contributed by atoms with van der Waals surface area (Å²) in [5.41, 5.74) is 0.547. The Labute approximate surface area is 170 Å². The van der Waals surface area contributed by atoms with Gasteiger partial charge in [0, 0.05) is 23.7 Å². The zero-order chi connectivity index (χ0) is 20.3. The van der Waals surface area contributed by atoms with Crippen LogP contribution in [0.25, 0.3) is 0 Å². The fraction of sp³-hybridized carbons (Fsp3) is 0.211. The van der Waals surface area contributed by atoms with E-state index in [-0.39, 0.29) is 25.1 Å². The zero-order valence-corrected chi connectivity index (χ0v) is 16.1. The van der Waals surface area contributed by atoms with Crippen molar-refractivity contribution in [3.05, 3.63) is 63.9 Å². The average Bonchev–Trinajstić information content (AvgIpc) is 2.66. The molecule has 28 heavy (non-hydrogen) atoms. The Kier molecular flexibility index (Phi) is 6.16. The van der Waals surface area contributed by atoms with Gasteiger partial charge in [-0.15, -0.1) is 0 Å². The highest BCUT2D eigenvalue weighted by molar-refractivity contribution is 6.35. The predicted molar refractivity (Wildman–Crippen MR) is 104 cm³/mol. The summed E-state index contributed by atoms with van der Waals surface area (Å²) in [5.74, 6) is -1.85. The number of anilines is 1. The van der Waals surface area contributed by atoms with Crippen molar-refractivity contribution in [2.45, 2.75) is 12.5 Å². The van der Waals surface area contributed by atoms with Gasteiger partial charge in [-0.3, -0.25) is 14.4 Å². The predicted octanol–water partition coefficient (Wildman–Crippen LogP) is 3.10. The molecule has 3 rings (SSSR count). The quantitative estimate of drug-likeness (QED) is 0.792. The van der Waals surface area contributed by atoms with Gasteiger partial charge in [-0.25, -0.2) is 4.39 Å². The maximum atomic E-state index is 13.1. The molecule has 1 saturated heterocycles. The van der Waals surface area contributed by atoms with Gasteiger partial charge >= 0.3 is 0 Å². The van der Waals surface area contributed by atoms with E-state index in [9.17, 15) is 18.8 Å². The van der Waals surface area contributed by atoms with Crippen molar-refractivity contribution in [3.63, 3.8) is 0 Å². The molecule has 3 amide bonds. The molecule has 1 fully saturated rings. The summed E-state index contributed by atoms with van der Waals surface area (Å²) in [6.45, 7) is 0.502. The molecule has 2 aromatic rings. The molecule has 1 heterocycles. The Hall–Kier alpha value is -2.64. The Bertz CT molecular complexity index is 921. The largest absolute Gasteiger partial charge is 0.353 e. The van der Waals surface area contributed by atoms with E-state index in [1.807, 2.05) is 0 Å². The minimum absolute atomic E-state index is 0.234. The second-order valence-electron chi connectivity index (χ2n) is 6.19. The number of piperazine rings is 1. The number of rotatable bonds is 4. The van der Waals surface area contributed by atoms with Crippen LogP contribution < -0.4 is 10.6 Å². The van der Waals surface area contributed by atoms with Gasteiger partial charge in [0.15, 0.2) is 0 Å². The molecular formula is C19H16Cl2FN3O3. The molecule has 0 aromatic heterocycles. The smallest absolute Gasteiger partial charge is 0.254 e. The number of nitrogens with zero attached hydrogens (tertiary/aromatic N) is 1. The van der Waals surface area contributed by atoms with Crippen molar-refractivity contribution in [1.29, 1.82) is 0 Å². The van der Waals surface area contributed by atoms with Crippen molar-refractivity contribution in [2.24, 2.45) is 0 Å². The molecule has 0 spiro atoms. The van der Waals surface area contributed by atoms with Crippen LogP contribution in [0.4, 0.5) is 10.1 Å². The number of carbonyl (C=O) groups is 3. The molecule has 0 radical (unpaired) electrons. The first-order valence-electron chi connectivity index (χ1n) is 8.44. The van der Waals surface area contributed by atoms with Gasteiger partial charge in [-0.1, -0.05) is 23.2 Å². The lowest BCUT2D eigenvalue weighted by molar-refractivity contribution is -0.131. The molecule has 146 valence electrons. The van der Waals surface area contributed by atoms with E-state index < -0.39 is 29.6 Å². The van der Waals surface area contributed by atoms with Crippen LogP contribution in [0, 0.1) is 5.82 Å². The fourth-order valence-electron chi connectivity index (χ4n) is 2.89. The van der Waals surface area contributed by atoms with Crippen LogP contribution in [0.2, 0.25) is 10.0 Å². The summed E-state index contributed by atoms with van der Waals surface area (Å²) >= 11 is 11.9. The number of amides is 3. The zero-order valence-electron chi connectivity index (χ0n) is 14.5. The van der Waals surface area contributed by atoms with Crippen LogP contribution in [0.15, 0.2) is 42.5 Å². The normalized spacial score (nSPS) is 16.5. The summed E-state index contributed by atoms with van der Waals surface area (Å²) in [7, 11) is 0. The molecule has 1 aliphatic heterocycles. The van der Waals surface area contributed by atoms with Crippen LogP contribution in [-0.4, -0.2) is 41.8 Å². The minimum atomic E-state index is -0.996. The molecule has 0 bridgehead atoms. The average molecular weight is 424 g/mol. The second kappa shape index (κ2) is 8.58. The maximum Gasteiger partial charge on any atom is 0.254 e.